The number of anilines is 2. The quantitative estimate of drug-likeness (QED) is 0.943. The molecule has 0 aromatic carbocycles. The van der Waals surface area contributed by atoms with Gasteiger partial charge in [0, 0.05) is 25.0 Å². The molecular weight excluding hydrogens is 272 g/mol. The molecule has 3 rings (SSSR count). The Morgan fingerprint density at radius 3 is 3.15 bits per heavy atom. The molecule has 1 fully saturated rings. The molecule has 20 heavy (non-hydrogen) atoms. The molecule has 1 aliphatic rings. The van der Waals surface area contributed by atoms with Gasteiger partial charge in [-0.25, -0.2) is 9.97 Å². The first-order chi connectivity index (χ1) is 9.74. The Morgan fingerprint density at radius 2 is 2.40 bits per heavy atom. The molecule has 0 aliphatic carbocycles. The van der Waals surface area contributed by atoms with Crippen molar-refractivity contribution in [2.24, 2.45) is 0 Å². The molecule has 0 bridgehead atoms. The van der Waals surface area contributed by atoms with E-state index >= 15 is 0 Å². The smallest absolute Gasteiger partial charge is 0.220 e. The normalized spacial score (nSPS) is 18.2. The number of aromatic nitrogens is 2. The highest BCUT2D eigenvalue weighted by atomic mass is 32.1. The summed E-state index contributed by atoms with van der Waals surface area (Å²) in [7, 11) is 0. The molecule has 0 saturated carbocycles. The maximum atomic E-state index is 11.6. The van der Waals surface area contributed by atoms with Gasteiger partial charge in [0.05, 0.1) is 11.7 Å². The Hall–Kier alpha value is -1.95. The van der Waals surface area contributed by atoms with Gasteiger partial charge in [0.25, 0.3) is 0 Å². The van der Waals surface area contributed by atoms with Gasteiger partial charge in [-0.15, -0.1) is 11.3 Å². The van der Waals surface area contributed by atoms with E-state index in [0.29, 0.717) is 0 Å². The Morgan fingerprint density at radius 1 is 1.50 bits per heavy atom. The molecule has 6 heteroatoms. The number of nitrogens with one attached hydrogen (secondary N) is 1. The third-order valence-electron chi connectivity index (χ3n) is 3.42. The van der Waals surface area contributed by atoms with Gasteiger partial charge in [-0.1, -0.05) is 6.07 Å². The largest absolute Gasteiger partial charge is 0.334 e. The van der Waals surface area contributed by atoms with Crippen molar-refractivity contribution < 1.29 is 4.79 Å². The van der Waals surface area contributed by atoms with Crippen molar-refractivity contribution in [2.45, 2.75) is 25.8 Å². The van der Waals surface area contributed by atoms with E-state index in [1.807, 2.05) is 28.5 Å². The highest BCUT2D eigenvalue weighted by molar-refractivity contribution is 7.13. The number of amides is 1. The van der Waals surface area contributed by atoms with Gasteiger partial charge in [-0.05, 0) is 25.0 Å². The van der Waals surface area contributed by atoms with Crippen LogP contribution in [0.4, 0.5) is 10.9 Å². The fourth-order valence-corrected chi connectivity index (χ4v) is 3.26. The standard InChI is InChI=1S/C14H16N4OS/c1-10(19)18-8-4-5-12(18)11-9-20-14(16-11)17-13-6-2-3-7-15-13/h2-3,6-7,9,12H,4-5,8H2,1H3,(H,15,16,17). The highest BCUT2D eigenvalue weighted by Gasteiger charge is 2.29. The lowest BCUT2D eigenvalue weighted by Crippen LogP contribution is -2.28. The minimum absolute atomic E-state index is 0.125. The number of hydrogen-bond acceptors (Lipinski definition) is 5. The second kappa shape index (κ2) is 5.58. The number of rotatable bonds is 3. The van der Waals surface area contributed by atoms with Crippen LogP contribution in [0.2, 0.25) is 0 Å². The molecule has 1 atom stereocenters. The van der Waals surface area contributed by atoms with Gasteiger partial charge in [-0.3, -0.25) is 4.79 Å². The van der Waals surface area contributed by atoms with Crippen molar-refractivity contribution >= 4 is 28.2 Å². The minimum atomic E-state index is 0.125. The third-order valence-corrected chi connectivity index (χ3v) is 4.20. The molecule has 0 radical (unpaired) electrons. The summed E-state index contributed by atoms with van der Waals surface area (Å²) in [5.41, 5.74) is 0.973. The minimum Gasteiger partial charge on any atom is -0.334 e. The number of nitrogens with zero attached hydrogens (tertiary/aromatic N) is 3. The van der Waals surface area contributed by atoms with Crippen LogP contribution in [-0.4, -0.2) is 27.3 Å². The zero-order valence-electron chi connectivity index (χ0n) is 11.2. The number of carbonyl (C=O) groups is 1. The van der Waals surface area contributed by atoms with Crippen molar-refractivity contribution in [1.29, 1.82) is 0 Å². The number of thiazole rings is 1. The summed E-state index contributed by atoms with van der Waals surface area (Å²) in [6.07, 6.45) is 3.78. The maximum Gasteiger partial charge on any atom is 0.220 e. The summed E-state index contributed by atoms with van der Waals surface area (Å²) < 4.78 is 0. The molecule has 1 saturated heterocycles. The summed E-state index contributed by atoms with van der Waals surface area (Å²) in [6.45, 7) is 2.46. The van der Waals surface area contributed by atoms with Gasteiger partial charge < -0.3 is 10.2 Å². The lowest BCUT2D eigenvalue weighted by atomic mass is 10.2. The summed E-state index contributed by atoms with van der Waals surface area (Å²) in [6, 6.07) is 5.83. The fraction of sp³-hybridized carbons (Fsp3) is 0.357. The Labute approximate surface area is 121 Å². The van der Waals surface area contributed by atoms with Gasteiger partial charge in [0.2, 0.25) is 5.91 Å². The van der Waals surface area contributed by atoms with Gasteiger partial charge in [0.1, 0.15) is 5.82 Å². The zero-order chi connectivity index (χ0) is 13.9. The average Bonchev–Trinajstić information content (AvgIpc) is 3.07. The van der Waals surface area contributed by atoms with E-state index in [4.69, 9.17) is 0 Å². The Kier molecular flexibility index (Phi) is 3.64. The second-order valence-electron chi connectivity index (χ2n) is 4.79. The van der Waals surface area contributed by atoms with Crippen LogP contribution in [0.25, 0.3) is 0 Å². The lowest BCUT2D eigenvalue weighted by Gasteiger charge is -2.21. The molecule has 1 unspecified atom stereocenters. The van der Waals surface area contributed by atoms with Crippen LogP contribution < -0.4 is 5.32 Å². The van der Waals surface area contributed by atoms with Crippen molar-refractivity contribution in [2.75, 3.05) is 11.9 Å². The van der Waals surface area contributed by atoms with Crippen molar-refractivity contribution in [3.05, 3.63) is 35.5 Å². The first-order valence-corrected chi connectivity index (χ1v) is 7.52. The molecule has 0 spiro atoms. The predicted octanol–water partition coefficient (Wildman–Crippen LogP) is 2.97. The maximum absolute atomic E-state index is 11.6. The molecular formula is C14H16N4OS. The van der Waals surface area contributed by atoms with Gasteiger partial charge >= 0.3 is 0 Å². The molecule has 3 heterocycles. The lowest BCUT2D eigenvalue weighted by molar-refractivity contribution is -0.129. The summed E-state index contributed by atoms with van der Waals surface area (Å²) in [5, 5.41) is 6.02. The molecule has 2 aromatic rings. The van der Waals surface area contributed by atoms with Crippen LogP contribution in [0, 0.1) is 0 Å². The van der Waals surface area contributed by atoms with Crippen LogP contribution >= 0.6 is 11.3 Å². The van der Waals surface area contributed by atoms with E-state index in [1.54, 1.807) is 24.5 Å². The molecule has 104 valence electrons. The number of carbonyl (C=O) groups excluding carboxylic acids is 1. The Bertz CT molecular complexity index is 598. The highest BCUT2D eigenvalue weighted by Crippen LogP contribution is 2.34. The first kappa shape index (κ1) is 13.1. The van der Waals surface area contributed by atoms with Gasteiger partial charge in [0.15, 0.2) is 5.13 Å². The molecule has 1 N–H and O–H groups in total. The molecule has 2 aromatic heterocycles. The van der Waals surface area contributed by atoms with E-state index in [1.165, 1.54) is 0 Å². The number of pyridine rings is 1. The zero-order valence-corrected chi connectivity index (χ0v) is 12.1. The van der Waals surface area contributed by atoms with Crippen LogP contribution in [0.15, 0.2) is 29.8 Å². The van der Waals surface area contributed by atoms with Gasteiger partial charge in [-0.2, -0.15) is 0 Å². The molecule has 1 amide bonds. The molecule has 1 aliphatic heterocycles. The van der Waals surface area contributed by atoms with E-state index in [-0.39, 0.29) is 11.9 Å². The summed E-state index contributed by atoms with van der Waals surface area (Å²) >= 11 is 1.54. The van der Waals surface area contributed by atoms with E-state index in [9.17, 15) is 4.79 Å². The summed E-state index contributed by atoms with van der Waals surface area (Å²) in [5.74, 6) is 0.906. The van der Waals surface area contributed by atoms with E-state index in [2.05, 4.69) is 15.3 Å². The van der Waals surface area contributed by atoms with Crippen LogP contribution in [0.5, 0.6) is 0 Å². The second-order valence-corrected chi connectivity index (χ2v) is 5.65. The number of likely N-dealkylation sites (tertiary alicyclic amines) is 1. The molecule has 5 nitrogen and oxygen atoms in total. The topological polar surface area (TPSA) is 58.1 Å². The predicted molar refractivity (Wildman–Crippen MR) is 79.0 cm³/mol. The average molecular weight is 288 g/mol. The monoisotopic (exact) mass is 288 g/mol. The third kappa shape index (κ3) is 2.65. The fourth-order valence-electron chi connectivity index (χ4n) is 2.49. The first-order valence-electron chi connectivity index (χ1n) is 6.65. The number of hydrogen-bond donors (Lipinski definition) is 1. The summed E-state index contributed by atoms with van der Waals surface area (Å²) in [4.78, 5) is 22.3. The van der Waals surface area contributed by atoms with Crippen LogP contribution in [0.3, 0.4) is 0 Å². The van der Waals surface area contributed by atoms with Crippen molar-refractivity contribution in [3.8, 4) is 0 Å². The van der Waals surface area contributed by atoms with Crippen LogP contribution in [0.1, 0.15) is 31.5 Å². The van der Waals surface area contributed by atoms with E-state index < -0.39 is 0 Å². The Balaban J connectivity index is 1.75. The van der Waals surface area contributed by atoms with E-state index in [0.717, 1.165) is 36.0 Å². The SMILES string of the molecule is CC(=O)N1CCCC1c1csc(Nc2ccccn2)n1. The van der Waals surface area contributed by atoms with Crippen molar-refractivity contribution in [1.82, 2.24) is 14.9 Å². The van der Waals surface area contributed by atoms with Crippen LogP contribution in [-0.2, 0) is 4.79 Å². The van der Waals surface area contributed by atoms with Crippen molar-refractivity contribution in [3.63, 3.8) is 0 Å².